The van der Waals surface area contributed by atoms with Crippen molar-refractivity contribution in [2.75, 3.05) is 6.54 Å². The maximum atomic E-state index is 12.4. The highest BCUT2D eigenvalue weighted by Gasteiger charge is 2.15. The maximum Gasteiger partial charge on any atom is 0.275 e. The lowest BCUT2D eigenvalue weighted by Crippen LogP contribution is -2.87. The van der Waals surface area contributed by atoms with Gasteiger partial charge in [0.1, 0.15) is 6.04 Å². The summed E-state index contributed by atoms with van der Waals surface area (Å²) >= 11 is 0. The van der Waals surface area contributed by atoms with Crippen LogP contribution < -0.4 is 10.6 Å². The van der Waals surface area contributed by atoms with E-state index in [9.17, 15) is 4.79 Å². The van der Waals surface area contributed by atoms with Crippen molar-refractivity contribution in [3.8, 4) is 0 Å². The minimum atomic E-state index is -0.0148. The molecule has 0 bridgehead atoms. The van der Waals surface area contributed by atoms with Crippen molar-refractivity contribution in [3.05, 3.63) is 83.9 Å². The zero-order valence-electron chi connectivity index (χ0n) is 14.8. The molecule has 0 aliphatic rings. The first-order valence-electron chi connectivity index (χ1n) is 8.80. The van der Waals surface area contributed by atoms with E-state index in [1.165, 1.54) is 16.3 Å². The van der Waals surface area contributed by atoms with Crippen LogP contribution >= 0.6 is 0 Å². The molecule has 0 aliphatic heterocycles. The Bertz CT molecular complexity index is 840. The minimum Gasteiger partial charge on any atom is -0.345 e. The number of benzene rings is 3. The summed E-state index contributed by atoms with van der Waals surface area (Å²) in [6.07, 6.45) is 0. The van der Waals surface area contributed by atoms with Gasteiger partial charge in [-0.25, -0.2) is 0 Å². The average molecular weight is 333 g/mol. The number of fused-ring (bicyclic) bond motifs is 1. The summed E-state index contributed by atoms with van der Waals surface area (Å²) in [6.45, 7) is 4.59. The molecule has 3 aromatic rings. The molecular formula is C22H25N2O+. The molecule has 0 saturated carbocycles. The molecule has 2 atom stereocenters. The third-order valence-electron chi connectivity index (χ3n) is 4.65. The minimum absolute atomic E-state index is 0.0148. The quantitative estimate of drug-likeness (QED) is 0.714. The second kappa shape index (κ2) is 7.95. The number of carbonyl (C=O) groups is 1. The SMILES string of the molecule is C[C@@H](NC(=O)C[NH2+][C@H](C)c1ccccc1)c1cccc2ccccc12. The highest BCUT2D eigenvalue weighted by molar-refractivity contribution is 5.87. The van der Waals surface area contributed by atoms with Crippen molar-refractivity contribution in [2.24, 2.45) is 0 Å². The molecule has 128 valence electrons. The van der Waals surface area contributed by atoms with E-state index in [2.05, 4.69) is 54.0 Å². The van der Waals surface area contributed by atoms with E-state index in [-0.39, 0.29) is 18.0 Å². The Hall–Kier alpha value is -2.65. The summed E-state index contributed by atoms with van der Waals surface area (Å²) < 4.78 is 0. The zero-order chi connectivity index (χ0) is 17.6. The second-order valence-electron chi connectivity index (χ2n) is 6.50. The van der Waals surface area contributed by atoms with E-state index < -0.39 is 0 Å². The number of nitrogens with two attached hydrogens (primary N) is 1. The van der Waals surface area contributed by atoms with Crippen molar-refractivity contribution in [1.29, 1.82) is 0 Å². The fourth-order valence-electron chi connectivity index (χ4n) is 3.18. The van der Waals surface area contributed by atoms with Crippen LogP contribution in [0.25, 0.3) is 10.8 Å². The Balaban J connectivity index is 1.61. The van der Waals surface area contributed by atoms with E-state index in [1.807, 2.05) is 43.3 Å². The smallest absolute Gasteiger partial charge is 0.275 e. The van der Waals surface area contributed by atoms with Gasteiger partial charge in [-0.1, -0.05) is 72.8 Å². The highest BCUT2D eigenvalue weighted by atomic mass is 16.1. The van der Waals surface area contributed by atoms with Crippen molar-refractivity contribution in [3.63, 3.8) is 0 Å². The van der Waals surface area contributed by atoms with Crippen LogP contribution in [0.1, 0.15) is 37.1 Å². The van der Waals surface area contributed by atoms with Gasteiger partial charge in [-0.05, 0) is 30.2 Å². The van der Waals surface area contributed by atoms with Crippen LogP contribution in [0, 0.1) is 0 Å². The molecule has 3 aromatic carbocycles. The van der Waals surface area contributed by atoms with Crippen LogP contribution in [0.2, 0.25) is 0 Å². The molecule has 3 N–H and O–H groups in total. The number of hydrogen-bond donors (Lipinski definition) is 2. The van der Waals surface area contributed by atoms with Crippen molar-refractivity contribution >= 4 is 16.7 Å². The Morgan fingerprint density at radius 2 is 1.60 bits per heavy atom. The van der Waals surface area contributed by atoms with E-state index in [0.717, 1.165) is 5.56 Å². The molecule has 0 heterocycles. The van der Waals surface area contributed by atoms with Gasteiger partial charge >= 0.3 is 0 Å². The lowest BCUT2D eigenvalue weighted by Gasteiger charge is -2.17. The first-order chi connectivity index (χ1) is 12.1. The third-order valence-corrected chi connectivity index (χ3v) is 4.65. The summed E-state index contributed by atoms with van der Waals surface area (Å²) in [7, 11) is 0. The van der Waals surface area contributed by atoms with Gasteiger partial charge in [0.05, 0.1) is 6.04 Å². The molecule has 3 rings (SSSR count). The van der Waals surface area contributed by atoms with Gasteiger partial charge in [-0.15, -0.1) is 0 Å². The van der Waals surface area contributed by atoms with Crippen molar-refractivity contribution < 1.29 is 10.1 Å². The van der Waals surface area contributed by atoms with E-state index in [4.69, 9.17) is 0 Å². The normalized spacial score (nSPS) is 13.4. The fourth-order valence-corrected chi connectivity index (χ4v) is 3.18. The summed E-state index contributed by atoms with van der Waals surface area (Å²) in [5.41, 5.74) is 2.39. The van der Waals surface area contributed by atoms with Crippen LogP contribution in [-0.2, 0) is 4.79 Å². The maximum absolute atomic E-state index is 12.4. The first kappa shape index (κ1) is 17.2. The number of hydrogen-bond acceptors (Lipinski definition) is 1. The van der Waals surface area contributed by atoms with E-state index in [0.29, 0.717) is 6.54 Å². The fraction of sp³-hybridized carbons (Fsp3) is 0.227. The second-order valence-corrected chi connectivity index (χ2v) is 6.50. The van der Waals surface area contributed by atoms with Gasteiger partial charge in [0.25, 0.3) is 5.91 Å². The first-order valence-corrected chi connectivity index (χ1v) is 8.80. The van der Waals surface area contributed by atoms with Gasteiger partial charge in [0, 0.05) is 5.56 Å². The van der Waals surface area contributed by atoms with E-state index >= 15 is 0 Å². The Labute approximate surface area is 149 Å². The monoisotopic (exact) mass is 333 g/mol. The molecule has 3 heteroatoms. The molecule has 25 heavy (non-hydrogen) atoms. The van der Waals surface area contributed by atoms with E-state index in [1.54, 1.807) is 0 Å². The number of quaternary nitrogens is 1. The van der Waals surface area contributed by atoms with Crippen LogP contribution in [-0.4, -0.2) is 12.5 Å². The number of nitrogens with one attached hydrogen (secondary N) is 1. The van der Waals surface area contributed by atoms with Crippen LogP contribution in [0.3, 0.4) is 0 Å². The highest BCUT2D eigenvalue weighted by Crippen LogP contribution is 2.23. The summed E-state index contributed by atoms with van der Waals surface area (Å²) in [5.74, 6) is 0.0585. The van der Waals surface area contributed by atoms with Crippen molar-refractivity contribution in [1.82, 2.24) is 5.32 Å². The molecule has 1 amide bonds. The van der Waals surface area contributed by atoms with Crippen LogP contribution in [0.15, 0.2) is 72.8 Å². The lowest BCUT2D eigenvalue weighted by molar-refractivity contribution is -0.682. The van der Waals surface area contributed by atoms with Crippen molar-refractivity contribution in [2.45, 2.75) is 25.9 Å². The van der Waals surface area contributed by atoms with Crippen LogP contribution in [0.5, 0.6) is 0 Å². The largest absolute Gasteiger partial charge is 0.345 e. The number of amides is 1. The standard InChI is InChI=1S/C22H24N2O/c1-16(18-9-4-3-5-10-18)23-15-22(25)24-17(2)20-14-8-12-19-11-6-7-13-21(19)20/h3-14,16-17,23H,15H2,1-2H3,(H,24,25)/p+1/t16-,17-/m1/s1. The van der Waals surface area contributed by atoms with Gasteiger partial charge in [-0.3, -0.25) is 4.79 Å². The van der Waals surface area contributed by atoms with Gasteiger partial charge in [0.2, 0.25) is 0 Å². The third kappa shape index (κ3) is 4.25. The summed E-state index contributed by atoms with van der Waals surface area (Å²) in [5, 5.41) is 7.59. The molecule has 0 radical (unpaired) electrons. The molecule has 0 unspecified atom stereocenters. The topological polar surface area (TPSA) is 45.7 Å². The average Bonchev–Trinajstić information content (AvgIpc) is 2.66. The predicted molar refractivity (Wildman–Crippen MR) is 102 cm³/mol. The molecule has 0 saturated heterocycles. The Kier molecular flexibility index (Phi) is 5.46. The molecule has 0 spiro atoms. The molecule has 0 aromatic heterocycles. The van der Waals surface area contributed by atoms with Gasteiger partial charge < -0.3 is 10.6 Å². The van der Waals surface area contributed by atoms with Crippen LogP contribution in [0.4, 0.5) is 0 Å². The predicted octanol–water partition coefficient (Wildman–Crippen LogP) is 3.34. The van der Waals surface area contributed by atoms with Gasteiger partial charge in [0.15, 0.2) is 6.54 Å². The summed E-state index contributed by atoms with van der Waals surface area (Å²) in [4.78, 5) is 12.4. The Morgan fingerprint density at radius 3 is 2.40 bits per heavy atom. The number of carbonyl (C=O) groups excluding carboxylic acids is 1. The van der Waals surface area contributed by atoms with Gasteiger partial charge in [-0.2, -0.15) is 0 Å². The molecular weight excluding hydrogens is 308 g/mol. The zero-order valence-corrected chi connectivity index (χ0v) is 14.8. The Morgan fingerprint density at radius 1 is 0.920 bits per heavy atom. The molecule has 0 fully saturated rings. The summed E-state index contributed by atoms with van der Waals surface area (Å²) in [6, 6.07) is 25.0. The molecule has 0 aliphatic carbocycles. The lowest BCUT2D eigenvalue weighted by atomic mass is 10.00. The number of rotatable bonds is 6. The molecule has 3 nitrogen and oxygen atoms in total.